The topological polar surface area (TPSA) is 61.0 Å². The Morgan fingerprint density at radius 1 is 1.20 bits per heavy atom. The minimum atomic E-state index is -4.84. The fourth-order valence-corrected chi connectivity index (χ4v) is 1.46. The summed E-state index contributed by atoms with van der Waals surface area (Å²) in [7, 11) is 0. The number of ether oxygens (including phenoxy) is 1. The standard InChI is InChI=1S/C11H6ClF4N3O/c12-9-8(17)10(19-4-18-9)20-5-1-2-7(13)6(3-5)11(14,15)16/h1-4H,17H2. The van der Waals surface area contributed by atoms with Gasteiger partial charge in [0, 0.05) is 0 Å². The fraction of sp³-hybridized carbons (Fsp3) is 0.0909. The zero-order valence-corrected chi connectivity index (χ0v) is 10.3. The van der Waals surface area contributed by atoms with Crippen LogP contribution < -0.4 is 10.5 Å². The van der Waals surface area contributed by atoms with Crippen LogP contribution in [0.25, 0.3) is 0 Å². The maximum atomic E-state index is 13.1. The monoisotopic (exact) mass is 307 g/mol. The number of nitrogens with two attached hydrogens (primary N) is 1. The molecular formula is C11H6ClF4N3O. The fourth-order valence-electron chi connectivity index (χ4n) is 1.34. The van der Waals surface area contributed by atoms with Gasteiger partial charge in [0.25, 0.3) is 0 Å². The number of aromatic nitrogens is 2. The Morgan fingerprint density at radius 3 is 2.55 bits per heavy atom. The second kappa shape index (κ2) is 5.12. The second-order valence-electron chi connectivity index (χ2n) is 3.62. The summed E-state index contributed by atoms with van der Waals surface area (Å²) in [6, 6.07) is 2.15. The van der Waals surface area contributed by atoms with E-state index < -0.39 is 17.6 Å². The third kappa shape index (κ3) is 2.90. The molecule has 0 fully saturated rings. The molecule has 0 aliphatic rings. The highest BCUT2D eigenvalue weighted by Gasteiger charge is 2.34. The summed E-state index contributed by atoms with van der Waals surface area (Å²) in [5.74, 6) is -1.90. The molecule has 0 amide bonds. The molecule has 0 radical (unpaired) electrons. The highest BCUT2D eigenvalue weighted by molar-refractivity contribution is 6.32. The lowest BCUT2D eigenvalue weighted by Crippen LogP contribution is -2.08. The van der Waals surface area contributed by atoms with Crippen molar-refractivity contribution in [1.29, 1.82) is 0 Å². The predicted molar refractivity (Wildman–Crippen MR) is 62.9 cm³/mol. The van der Waals surface area contributed by atoms with E-state index >= 15 is 0 Å². The van der Waals surface area contributed by atoms with Crippen LogP contribution in [0.15, 0.2) is 24.5 Å². The minimum absolute atomic E-state index is 0.104. The van der Waals surface area contributed by atoms with Gasteiger partial charge in [0.2, 0.25) is 5.88 Å². The summed E-state index contributed by atoms with van der Waals surface area (Å²) in [5, 5.41) is -0.104. The van der Waals surface area contributed by atoms with E-state index in [4.69, 9.17) is 22.1 Å². The molecule has 1 aromatic carbocycles. The van der Waals surface area contributed by atoms with E-state index in [9.17, 15) is 17.6 Å². The molecule has 0 saturated carbocycles. The van der Waals surface area contributed by atoms with Crippen LogP contribution in [0.2, 0.25) is 5.15 Å². The molecule has 0 bridgehead atoms. The van der Waals surface area contributed by atoms with Crippen molar-refractivity contribution in [3.05, 3.63) is 41.1 Å². The number of benzene rings is 1. The van der Waals surface area contributed by atoms with Gasteiger partial charge in [-0.2, -0.15) is 18.2 Å². The molecule has 0 aliphatic heterocycles. The maximum Gasteiger partial charge on any atom is 0.419 e. The Bertz CT molecular complexity index is 648. The van der Waals surface area contributed by atoms with Crippen LogP contribution in [0.1, 0.15) is 5.56 Å². The molecule has 0 unspecified atom stereocenters. The van der Waals surface area contributed by atoms with Crippen molar-refractivity contribution >= 4 is 17.3 Å². The Morgan fingerprint density at radius 2 is 1.90 bits per heavy atom. The van der Waals surface area contributed by atoms with Crippen molar-refractivity contribution in [2.75, 3.05) is 5.73 Å². The van der Waals surface area contributed by atoms with Crippen molar-refractivity contribution < 1.29 is 22.3 Å². The van der Waals surface area contributed by atoms with Gasteiger partial charge in [-0.3, -0.25) is 0 Å². The molecule has 0 aliphatic carbocycles. The molecule has 106 valence electrons. The summed E-state index contributed by atoms with van der Waals surface area (Å²) >= 11 is 5.61. The van der Waals surface area contributed by atoms with Crippen molar-refractivity contribution in [2.24, 2.45) is 0 Å². The van der Waals surface area contributed by atoms with E-state index in [-0.39, 0.29) is 22.5 Å². The van der Waals surface area contributed by atoms with Gasteiger partial charge in [0.05, 0.1) is 5.56 Å². The van der Waals surface area contributed by atoms with Gasteiger partial charge in [-0.15, -0.1) is 0 Å². The van der Waals surface area contributed by atoms with Gasteiger partial charge < -0.3 is 10.5 Å². The lowest BCUT2D eigenvalue weighted by atomic mass is 10.2. The molecule has 0 spiro atoms. The summed E-state index contributed by atoms with van der Waals surface area (Å²) in [6.07, 6.45) is -3.81. The summed E-state index contributed by atoms with van der Waals surface area (Å²) < 4.78 is 55.8. The Kier molecular flexibility index (Phi) is 3.67. The van der Waals surface area contributed by atoms with Crippen molar-refractivity contribution in [2.45, 2.75) is 6.18 Å². The van der Waals surface area contributed by atoms with Gasteiger partial charge in [0.15, 0.2) is 5.15 Å². The zero-order valence-electron chi connectivity index (χ0n) is 9.58. The van der Waals surface area contributed by atoms with Crippen LogP contribution in [0.5, 0.6) is 11.6 Å². The first-order chi connectivity index (χ1) is 9.29. The Labute approximate surface area is 115 Å². The van der Waals surface area contributed by atoms with Gasteiger partial charge in [-0.1, -0.05) is 11.6 Å². The van der Waals surface area contributed by atoms with E-state index in [0.717, 1.165) is 12.4 Å². The molecule has 2 N–H and O–H groups in total. The lowest BCUT2D eigenvalue weighted by Gasteiger charge is -2.11. The smallest absolute Gasteiger partial charge is 0.419 e. The minimum Gasteiger partial charge on any atom is -0.437 e. The van der Waals surface area contributed by atoms with Crippen molar-refractivity contribution in [3.8, 4) is 11.6 Å². The molecule has 2 rings (SSSR count). The third-order valence-electron chi connectivity index (χ3n) is 2.26. The van der Waals surface area contributed by atoms with Crippen LogP contribution in [-0.4, -0.2) is 9.97 Å². The maximum absolute atomic E-state index is 13.1. The normalized spacial score (nSPS) is 11.4. The van der Waals surface area contributed by atoms with E-state index in [1.807, 2.05) is 0 Å². The zero-order chi connectivity index (χ0) is 14.9. The van der Waals surface area contributed by atoms with Crippen LogP contribution in [0, 0.1) is 5.82 Å². The molecule has 20 heavy (non-hydrogen) atoms. The highest BCUT2D eigenvalue weighted by atomic mass is 35.5. The molecule has 1 aromatic heterocycles. The molecule has 1 heterocycles. The lowest BCUT2D eigenvalue weighted by molar-refractivity contribution is -0.140. The number of rotatable bonds is 2. The summed E-state index contributed by atoms with van der Waals surface area (Å²) in [5.41, 5.74) is 3.92. The number of anilines is 1. The number of hydrogen-bond donors (Lipinski definition) is 1. The molecule has 4 nitrogen and oxygen atoms in total. The number of hydrogen-bond acceptors (Lipinski definition) is 4. The van der Waals surface area contributed by atoms with E-state index in [0.29, 0.717) is 12.1 Å². The van der Waals surface area contributed by atoms with Crippen LogP contribution in [0.4, 0.5) is 23.2 Å². The summed E-state index contributed by atoms with van der Waals surface area (Å²) in [6.45, 7) is 0. The van der Waals surface area contributed by atoms with E-state index in [2.05, 4.69) is 9.97 Å². The quantitative estimate of drug-likeness (QED) is 0.679. The molecule has 0 atom stereocenters. The predicted octanol–water partition coefficient (Wildman–Crippen LogP) is 3.66. The van der Waals surface area contributed by atoms with Crippen LogP contribution in [0.3, 0.4) is 0 Å². The van der Waals surface area contributed by atoms with Crippen LogP contribution in [-0.2, 0) is 6.18 Å². The molecule has 9 heteroatoms. The first-order valence-corrected chi connectivity index (χ1v) is 5.47. The third-order valence-corrected chi connectivity index (χ3v) is 2.56. The van der Waals surface area contributed by atoms with Crippen LogP contribution >= 0.6 is 11.6 Å². The van der Waals surface area contributed by atoms with Gasteiger partial charge >= 0.3 is 6.18 Å². The number of alkyl halides is 3. The Balaban J connectivity index is 2.38. The Hall–Kier alpha value is -2.09. The van der Waals surface area contributed by atoms with Gasteiger partial charge in [-0.25, -0.2) is 9.37 Å². The van der Waals surface area contributed by atoms with E-state index in [1.165, 1.54) is 0 Å². The second-order valence-corrected chi connectivity index (χ2v) is 3.98. The summed E-state index contributed by atoms with van der Waals surface area (Å²) in [4.78, 5) is 7.19. The van der Waals surface area contributed by atoms with E-state index in [1.54, 1.807) is 0 Å². The number of nitrogens with zero attached hydrogens (tertiary/aromatic N) is 2. The molecule has 2 aromatic rings. The first-order valence-electron chi connectivity index (χ1n) is 5.09. The van der Waals surface area contributed by atoms with Crippen molar-refractivity contribution in [1.82, 2.24) is 9.97 Å². The molecular weight excluding hydrogens is 302 g/mol. The average Bonchev–Trinajstić information content (AvgIpc) is 2.36. The van der Waals surface area contributed by atoms with Gasteiger partial charge in [-0.05, 0) is 18.2 Å². The number of halogens is 5. The largest absolute Gasteiger partial charge is 0.437 e. The SMILES string of the molecule is Nc1c(Cl)ncnc1Oc1ccc(F)c(C(F)(F)F)c1. The first kappa shape index (κ1) is 14.3. The van der Waals surface area contributed by atoms with Gasteiger partial charge in [0.1, 0.15) is 23.6 Å². The number of nitrogen functional groups attached to an aromatic ring is 1. The van der Waals surface area contributed by atoms with Crippen molar-refractivity contribution in [3.63, 3.8) is 0 Å². The molecule has 0 saturated heterocycles. The highest BCUT2D eigenvalue weighted by Crippen LogP contribution is 2.35. The average molecular weight is 308 g/mol.